The molecular weight excluding hydrogens is 449 g/mol. The van der Waals surface area contributed by atoms with E-state index in [9.17, 15) is 14.7 Å². The number of amides is 2. The fourth-order valence-electron chi connectivity index (χ4n) is 2.56. The number of aliphatic hydroxyl groups is 1. The first-order valence-corrected chi connectivity index (χ1v) is 8.36. The normalized spacial score (nSPS) is 16.8. The summed E-state index contributed by atoms with van der Waals surface area (Å²) < 4.78 is 0. The number of likely N-dealkylation sites (tertiary alicyclic amines) is 1. The van der Waals surface area contributed by atoms with Gasteiger partial charge in [0.05, 0.1) is 19.2 Å². The molecule has 0 saturated carbocycles. The monoisotopic (exact) mass is 475 g/mol. The zero-order valence-electron chi connectivity index (χ0n) is 14.8. The van der Waals surface area contributed by atoms with E-state index in [0.29, 0.717) is 18.7 Å². The number of primary amides is 1. The molecule has 0 spiro atoms. The summed E-state index contributed by atoms with van der Waals surface area (Å²) in [5.41, 5.74) is 6.42. The van der Waals surface area contributed by atoms with Crippen LogP contribution in [0.1, 0.15) is 29.3 Å². The third-order valence-electron chi connectivity index (χ3n) is 3.85. The van der Waals surface area contributed by atoms with Crippen molar-refractivity contribution in [1.29, 1.82) is 0 Å². The van der Waals surface area contributed by atoms with E-state index in [-0.39, 0.29) is 42.5 Å². The number of halogens is 1. The van der Waals surface area contributed by atoms with Crippen molar-refractivity contribution in [3.63, 3.8) is 0 Å². The van der Waals surface area contributed by atoms with E-state index < -0.39 is 5.91 Å². The molecule has 1 aromatic rings. The van der Waals surface area contributed by atoms with Gasteiger partial charge < -0.3 is 26.4 Å². The Morgan fingerprint density at radius 1 is 1.31 bits per heavy atom. The molecule has 9 heteroatoms. The van der Waals surface area contributed by atoms with Gasteiger partial charge in [-0.3, -0.25) is 9.59 Å². The number of rotatable bonds is 6. The summed E-state index contributed by atoms with van der Waals surface area (Å²) in [6.07, 6.45) is 0.446. The molecule has 1 atom stereocenters. The Balaban J connectivity index is 0.00000338. The third-order valence-corrected chi connectivity index (χ3v) is 3.85. The lowest BCUT2D eigenvalue weighted by Gasteiger charge is -2.20. The average Bonchev–Trinajstić information content (AvgIpc) is 3.03. The fraction of sp³-hybridized carbons (Fsp3) is 0.471. The lowest BCUT2D eigenvalue weighted by molar-refractivity contribution is -0.117. The lowest BCUT2D eigenvalue weighted by atomic mass is 10.1. The molecule has 1 saturated heterocycles. The molecule has 0 bridgehead atoms. The van der Waals surface area contributed by atoms with E-state index in [2.05, 4.69) is 15.6 Å². The summed E-state index contributed by atoms with van der Waals surface area (Å²) in [6.45, 7) is 4.42. The maximum absolute atomic E-state index is 11.8. The summed E-state index contributed by atoms with van der Waals surface area (Å²) >= 11 is 0. The van der Waals surface area contributed by atoms with E-state index in [1.165, 1.54) is 0 Å². The number of nitrogens with one attached hydrogen (secondary N) is 2. The van der Waals surface area contributed by atoms with Gasteiger partial charge in [0.25, 0.3) is 5.91 Å². The molecular formula is C17H26IN5O3. The molecule has 26 heavy (non-hydrogen) atoms. The minimum atomic E-state index is -0.581. The molecule has 8 nitrogen and oxygen atoms in total. The van der Waals surface area contributed by atoms with Crippen molar-refractivity contribution in [3.8, 4) is 0 Å². The topological polar surface area (TPSA) is 120 Å². The summed E-state index contributed by atoms with van der Waals surface area (Å²) in [5.74, 6) is -0.141. The molecule has 2 amide bonds. The second-order valence-corrected chi connectivity index (χ2v) is 5.90. The quantitative estimate of drug-likeness (QED) is 0.264. The fourth-order valence-corrected chi connectivity index (χ4v) is 2.56. The Bertz CT molecular complexity index is 636. The van der Waals surface area contributed by atoms with Crippen LogP contribution < -0.4 is 16.4 Å². The zero-order valence-corrected chi connectivity index (χ0v) is 17.1. The van der Waals surface area contributed by atoms with Crippen LogP contribution in [-0.2, 0) is 11.3 Å². The largest absolute Gasteiger partial charge is 0.391 e. The van der Waals surface area contributed by atoms with Crippen molar-refractivity contribution in [2.45, 2.75) is 26.0 Å². The van der Waals surface area contributed by atoms with Gasteiger partial charge in [0, 0.05) is 25.2 Å². The van der Waals surface area contributed by atoms with Crippen molar-refractivity contribution in [3.05, 3.63) is 35.4 Å². The number of nitrogens with zero attached hydrogens (tertiary/aromatic N) is 2. The minimum Gasteiger partial charge on any atom is -0.391 e. The number of hydrogen-bond donors (Lipinski definition) is 4. The van der Waals surface area contributed by atoms with Crippen LogP contribution in [0, 0.1) is 0 Å². The Morgan fingerprint density at radius 3 is 2.54 bits per heavy atom. The molecule has 0 aliphatic carbocycles. The van der Waals surface area contributed by atoms with Crippen LogP contribution in [0.2, 0.25) is 0 Å². The highest BCUT2D eigenvalue weighted by atomic mass is 127. The van der Waals surface area contributed by atoms with Crippen LogP contribution in [0.3, 0.4) is 0 Å². The summed E-state index contributed by atoms with van der Waals surface area (Å²) in [5, 5.41) is 15.3. The number of aliphatic hydroxyl groups excluding tert-OH is 1. The van der Waals surface area contributed by atoms with Gasteiger partial charge in [-0.25, -0.2) is 4.99 Å². The maximum atomic E-state index is 11.8. The maximum Gasteiger partial charge on any atom is 0.251 e. The van der Waals surface area contributed by atoms with Crippen LogP contribution >= 0.6 is 24.0 Å². The minimum absolute atomic E-state index is 0. The van der Waals surface area contributed by atoms with E-state index in [1.54, 1.807) is 12.1 Å². The molecule has 5 N–H and O–H groups in total. The summed E-state index contributed by atoms with van der Waals surface area (Å²) in [7, 11) is 0. The van der Waals surface area contributed by atoms with Gasteiger partial charge in [-0.2, -0.15) is 0 Å². The Hall–Kier alpha value is -1.88. The van der Waals surface area contributed by atoms with Crippen molar-refractivity contribution >= 4 is 41.8 Å². The number of hydrogen-bond acceptors (Lipinski definition) is 4. The second-order valence-electron chi connectivity index (χ2n) is 5.90. The van der Waals surface area contributed by atoms with Gasteiger partial charge in [0.15, 0.2) is 5.96 Å². The van der Waals surface area contributed by atoms with E-state index >= 15 is 0 Å². The molecule has 0 aromatic heterocycles. The Morgan fingerprint density at radius 2 is 2.00 bits per heavy atom. The van der Waals surface area contributed by atoms with Crippen molar-refractivity contribution in [2.24, 2.45) is 10.7 Å². The van der Waals surface area contributed by atoms with Crippen LogP contribution in [0.15, 0.2) is 29.3 Å². The van der Waals surface area contributed by atoms with Crippen LogP contribution in [0.25, 0.3) is 0 Å². The number of benzene rings is 1. The van der Waals surface area contributed by atoms with Crippen LogP contribution in [-0.4, -0.2) is 60.1 Å². The molecule has 0 unspecified atom stereocenters. The number of β-amino-alcohol motifs (C(OH)–C–C–N with tert-alkyl or cyclic N) is 1. The van der Waals surface area contributed by atoms with E-state index in [4.69, 9.17) is 5.73 Å². The molecule has 1 aliphatic heterocycles. The van der Waals surface area contributed by atoms with Crippen LogP contribution in [0.4, 0.5) is 0 Å². The van der Waals surface area contributed by atoms with Gasteiger partial charge in [-0.1, -0.05) is 12.1 Å². The van der Waals surface area contributed by atoms with Gasteiger partial charge in [0.1, 0.15) is 0 Å². The molecule has 1 heterocycles. The third kappa shape index (κ3) is 6.79. The average molecular weight is 475 g/mol. The number of carbonyl (C=O) groups is 2. The van der Waals surface area contributed by atoms with Crippen molar-refractivity contribution in [1.82, 2.24) is 15.5 Å². The lowest BCUT2D eigenvalue weighted by Crippen LogP contribution is -2.40. The molecule has 144 valence electrons. The summed E-state index contributed by atoms with van der Waals surface area (Å²) in [4.78, 5) is 29.2. The highest BCUT2D eigenvalue weighted by molar-refractivity contribution is 14.0. The predicted molar refractivity (Wildman–Crippen MR) is 110 cm³/mol. The Kier molecular flexibility index (Phi) is 9.35. The van der Waals surface area contributed by atoms with Crippen LogP contribution in [0.5, 0.6) is 0 Å². The number of carbonyl (C=O) groups excluding carboxylic acids is 2. The van der Waals surface area contributed by atoms with Crippen molar-refractivity contribution in [2.75, 3.05) is 26.2 Å². The SMILES string of the molecule is CCNC(=NCc1ccc(C(=O)NCC(N)=O)cc1)N1CC[C@@H](O)C1.I. The summed E-state index contributed by atoms with van der Waals surface area (Å²) in [6, 6.07) is 7.03. The molecule has 1 aromatic carbocycles. The molecule has 1 fully saturated rings. The van der Waals surface area contributed by atoms with Gasteiger partial charge in [-0.15, -0.1) is 24.0 Å². The molecule has 2 rings (SSSR count). The van der Waals surface area contributed by atoms with Crippen molar-refractivity contribution < 1.29 is 14.7 Å². The first kappa shape index (κ1) is 22.2. The number of aliphatic imine (C=N–C) groups is 1. The predicted octanol–water partition coefficient (Wildman–Crippen LogP) is 0.0518. The first-order chi connectivity index (χ1) is 12.0. The van der Waals surface area contributed by atoms with E-state index in [1.807, 2.05) is 24.0 Å². The smallest absolute Gasteiger partial charge is 0.251 e. The molecule has 0 radical (unpaired) electrons. The highest BCUT2D eigenvalue weighted by Gasteiger charge is 2.22. The highest BCUT2D eigenvalue weighted by Crippen LogP contribution is 2.10. The van der Waals surface area contributed by atoms with Gasteiger partial charge in [0.2, 0.25) is 5.91 Å². The number of nitrogens with two attached hydrogens (primary N) is 1. The second kappa shape index (κ2) is 11.0. The zero-order chi connectivity index (χ0) is 18.2. The Labute approximate surface area is 170 Å². The molecule has 1 aliphatic rings. The van der Waals surface area contributed by atoms with Gasteiger partial charge in [-0.05, 0) is 31.0 Å². The van der Waals surface area contributed by atoms with E-state index in [0.717, 1.165) is 31.0 Å². The number of guanidine groups is 1. The first-order valence-electron chi connectivity index (χ1n) is 8.36. The van der Waals surface area contributed by atoms with Gasteiger partial charge >= 0.3 is 0 Å². The standard InChI is InChI=1S/C17H25N5O3.HI/c1-2-19-17(22-8-7-14(23)11-22)21-9-12-3-5-13(6-4-12)16(25)20-10-15(18)24;/h3-6,14,23H,2,7-11H2,1H3,(H2,18,24)(H,19,21)(H,20,25);1H/t14-;/m1./s1.